The second-order valence-corrected chi connectivity index (χ2v) is 6.38. The van der Waals surface area contributed by atoms with Crippen molar-refractivity contribution in [3.8, 4) is 6.07 Å². The van der Waals surface area contributed by atoms with Gasteiger partial charge in [0.15, 0.2) is 0 Å². The predicted molar refractivity (Wildman–Crippen MR) is 78.5 cm³/mol. The molecule has 0 saturated heterocycles. The Morgan fingerprint density at radius 2 is 2.00 bits per heavy atom. The maximum Gasteiger partial charge on any atom is 0.0667 e. The number of nitriles is 1. The van der Waals surface area contributed by atoms with Crippen LogP contribution >= 0.6 is 11.8 Å². The van der Waals surface area contributed by atoms with Crippen molar-refractivity contribution in [2.75, 3.05) is 0 Å². The monoisotopic (exact) mass is 259 g/mol. The van der Waals surface area contributed by atoms with Crippen molar-refractivity contribution in [3.05, 3.63) is 35.4 Å². The summed E-state index contributed by atoms with van der Waals surface area (Å²) in [6.07, 6.45) is 6.15. The third kappa shape index (κ3) is 3.53. The molecule has 2 rings (SSSR count). The third-order valence-electron chi connectivity index (χ3n) is 3.83. The molecule has 0 aromatic heterocycles. The van der Waals surface area contributed by atoms with Crippen molar-refractivity contribution in [2.45, 2.75) is 50.0 Å². The molecular formula is C16H21NS. The Bertz CT molecular complexity index is 421. The van der Waals surface area contributed by atoms with Gasteiger partial charge in [0.05, 0.1) is 12.0 Å². The minimum absolute atomic E-state index is 0.265. The molecule has 0 heterocycles. The fraction of sp³-hybridized carbons (Fsp3) is 0.562. The molecule has 0 amide bonds. The highest BCUT2D eigenvalue weighted by atomic mass is 32.2. The summed E-state index contributed by atoms with van der Waals surface area (Å²) in [5, 5.41) is 9.81. The van der Waals surface area contributed by atoms with Crippen LogP contribution < -0.4 is 0 Å². The number of benzene rings is 1. The lowest BCUT2D eigenvalue weighted by Crippen LogP contribution is -2.14. The Labute approximate surface area is 115 Å². The zero-order chi connectivity index (χ0) is 12.8. The van der Waals surface area contributed by atoms with Gasteiger partial charge in [-0.25, -0.2) is 0 Å². The third-order valence-corrected chi connectivity index (χ3v) is 5.30. The molecule has 96 valence electrons. The fourth-order valence-corrected chi connectivity index (χ4v) is 4.07. The molecule has 0 bridgehead atoms. The second-order valence-electron chi connectivity index (χ2n) is 5.15. The van der Waals surface area contributed by atoms with Gasteiger partial charge in [-0.3, -0.25) is 0 Å². The quantitative estimate of drug-likeness (QED) is 0.735. The van der Waals surface area contributed by atoms with Crippen LogP contribution in [0.5, 0.6) is 0 Å². The minimum atomic E-state index is 0.265. The SMILES string of the molecule is Cc1ccccc1CSC1CCCCCC1C#N. The van der Waals surface area contributed by atoms with Crippen LogP contribution in [-0.2, 0) is 5.75 Å². The van der Waals surface area contributed by atoms with Gasteiger partial charge in [-0.1, -0.05) is 43.5 Å². The molecule has 1 saturated carbocycles. The van der Waals surface area contributed by atoms with E-state index in [4.69, 9.17) is 0 Å². The summed E-state index contributed by atoms with van der Waals surface area (Å²) in [5.74, 6) is 1.32. The van der Waals surface area contributed by atoms with Gasteiger partial charge in [0.1, 0.15) is 0 Å². The average Bonchev–Trinajstić information content (AvgIpc) is 2.62. The van der Waals surface area contributed by atoms with Crippen molar-refractivity contribution in [2.24, 2.45) is 5.92 Å². The normalized spacial score (nSPS) is 24.2. The first-order valence-corrected chi connectivity index (χ1v) is 7.92. The van der Waals surface area contributed by atoms with Crippen LogP contribution in [0.15, 0.2) is 24.3 Å². The summed E-state index contributed by atoms with van der Waals surface area (Å²) < 4.78 is 0. The molecule has 18 heavy (non-hydrogen) atoms. The Hall–Kier alpha value is -0.940. The van der Waals surface area contributed by atoms with Crippen molar-refractivity contribution < 1.29 is 0 Å². The number of nitrogens with zero attached hydrogens (tertiary/aromatic N) is 1. The molecule has 0 radical (unpaired) electrons. The van der Waals surface area contributed by atoms with E-state index in [9.17, 15) is 5.26 Å². The maximum absolute atomic E-state index is 9.27. The van der Waals surface area contributed by atoms with Gasteiger partial charge in [-0.05, 0) is 30.9 Å². The molecule has 2 unspecified atom stereocenters. The van der Waals surface area contributed by atoms with Crippen LogP contribution in [0, 0.1) is 24.2 Å². The van der Waals surface area contributed by atoms with Crippen LogP contribution in [0.25, 0.3) is 0 Å². The van der Waals surface area contributed by atoms with Crippen LogP contribution in [0.2, 0.25) is 0 Å². The molecule has 0 aliphatic heterocycles. The summed E-state index contributed by atoms with van der Waals surface area (Å²) in [4.78, 5) is 0. The highest BCUT2D eigenvalue weighted by Crippen LogP contribution is 2.34. The lowest BCUT2D eigenvalue weighted by molar-refractivity contribution is 0.585. The zero-order valence-corrected chi connectivity index (χ0v) is 11.9. The van der Waals surface area contributed by atoms with Crippen molar-refractivity contribution in [1.82, 2.24) is 0 Å². The van der Waals surface area contributed by atoms with E-state index >= 15 is 0 Å². The van der Waals surface area contributed by atoms with E-state index in [1.54, 1.807) is 0 Å². The first-order chi connectivity index (χ1) is 8.81. The van der Waals surface area contributed by atoms with Gasteiger partial charge in [0.2, 0.25) is 0 Å². The summed E-state index contributed by atoms with van der Waals surface area (Å²) in [7, 11) is 0. The lowest BCUT2D eigenvalue weighted by Gasteiger charge is -2.19. The first kappa shape index (κ1) is 13.5. The number of hydrogen-bond acceptors (Lipinski definition) is 2. The fourth-order valence-electron chi connectivity index (χ4n) is 2.59. The van der Waals surface area contributed by atoms with E-state index in [1.165, 1.54) is 36.8 Å². The molecule has 1 aliphatic carbocycles. The Morgan fingerprint density at radius 3 is 2.78 bits per heavy atom. The van der Waals surface area contributed by atoms with Crippen molar-refractivity contribution >= 4 is 11.8 Å². The Morgan fingerprint density at radius 1 is 1.22 bits per heavy atom. The highest BCUT2D eigenvalue weighted by molar-refractivity contribution is 7.99. The summed E-state index contributed by atoms with van der Waals surface area (Å²) in [6.45, 7) is 2.17. The molecule has 1 aromatic rings. The van der Waals surface area contributed by atoms with Gasteiger partial charge in [0, 0.05) is 11.0 Å². The largest absolute Gasteiger partial charge is 0.198 e. The molecule has 1 aromatic carbocycles. The molecule has 1 aliphatic rings. The van der Waals surface area contributed by atoms with Gasteiger partial charge in [-0.15, -0.1) is 0 Å². The molecule has 1 fully saturated rings. The molecule has 0 N–H and O–H groups in total. The zero-order valence-electron chi connectivity index (χ0n) is 11.1. The topological polar surface area (TPSA) is 23.8 Å². The number of aryl methyl sites for hydroxylation is 1. The summed E-state index contributed by atoms with van der Waals surface area (Å²) in [5.41, 5.74) is 2.79. The smallest absolute Gasteiger partial charge is 0.0667 e. The molecule has 2 heteroatoms. The number of rotatable bonds is 3. The van der Waals surface area contributed by atoms with E-state index in [0.29, 0.717) is 5.25 Å². The Balaban J connectivity index is 1.96. The highest BCUT2D eigenvalue weighted by Gasteiger charge is 2.23. The molecule has 2 atom stereocenters. The predicted octanol–water partition coefficient (Wildman–Crippen LogP) is 4.70. The van der Waals surface area contributed by atoms with E-state index < -0.39 is 0 Å². The first-order valence-electron chi connectivity index (χ1n) is 6.87. The van der Waals surface area contributed by atoms with E-state index in [-0.39, 0.29) is 5.92 Å². The van der Waals surface area contributed by atoms with Crippen LogP contribution in [-0.4, -0.2) is 5.25 Å². The Kier molecular flexibility index (Phi) is 5.13. The van der Waals surface area contributed by atoms with Crippen LogP contribution in [0.1, 0.15) is 43.2 Å². The van der Waals surface area contributed by atoms with Crippen molar-refractivity contribution in [3.63, 3.8) is 0 Å². The molecule has 0 spiro atoms. The van der Waals surface area contributed by atoms with Crippen LogP contribution in [0.3, 0.4) is 0 Å². The van der Waals surface area contributed by atoms with Gasteiger partial charge < -0.3 is 0 Å². The summed E-state index contributed by atoms with van der Waals surface area (Å²) in [6, 6.07) is 11.1. The van der Waals surface area contributed by atoms with Crippen molar-refractivity contribution in [1.29, 1.82) is 5.26 Å². The average molecular weight is 259 g/mol. The second kappa shape index (κ2) is 6.85. The molecule has 1 nitrogen and oxygen atoms in total. The van der Waals surface area contributed by atoms with E-state index in [2.05, 4.69) is 37.3 Å². The van der Waals surface area contributed by atoms with Gasteiger partial charge in [0.25, 0.3) is 0 Å². The lowest BCUT2D eigenvalue weighted by atomic mass is 10.0. The van der Waals surface area contributed by atoms with E-state index in [0.717, 1.165) is 12.2 Å². The van der Waals surface area contributed by atoms with Gasteiger partial charge in [-0.2, -0.15) is 17.0 Å². The number of hydrogen-bond donors (Lipinski definition) is 0. The molecular weight excluding hydrogens is 238 g/mol. The standard InChI is InChI=1S/C16H21NS/c1-13-7-5-6-9-15(13)12-18-16-10-4-2-3-8-14(16)11-17/h5-7,9,14,16H,2-4,8,10,12H2,1H3. The number of thioether (sulfide) groups is 1. The maximum atomic E-state index is 9.27. The summed E-state index contributed by atoms with van der Waals surface area (Å²) >= 11 is 1.99. The van der Waals surface area contributed by atoms with E-state index in [1.807, 2.05) is 11.8 Å². The van der Waals surface area contributed by atoms with Gasteiger partial charge >= 0.3 is 0 Å². The van der Waals surface area contributed by atoms with Crippen LogP contribution in [0.4, 0.5) is 0 Å². The minimum Gasteiger partial charge on any atom is -0.198 e.